The van der Waals surface area contributed by atoms with Gasteiger partial charge in [0.05, 0.1) is 0 Å². The highest BCUT2D eigenvalue weighted by Gasteiger charge is 2.24. The van der Waals surface area contributed by atoms with Crippen molar-refractivity contribution in [1.82, 2.24) is 10.2 Å². The molecule has 0 radical (unpaired) electrons. The number of hydrogen-bond donors (Lipinski definition) is 1. The van der Waals surface area contributed by atoms with Gasteiger partial charge in [0.15, 0.2) is 11.0 Å². The Hall–Kier alpha value is -0.830. The van der Waals surface area contributed by atoms with E-state index in [-0.39, 0.29) is 0 Å². The maximum Gasteiger partial charge on any atom is 0.155 e. The molecule has 1 aromatic heterocycles. The van der Waals surface area contributed by atoms with Gasteiger partial charge in [0, 0.05) is 6.04 Å². The number of hydrogen-bond acceptors (Lipinski definition) is 3. The Morgan fingerprint density at radius 2 is 1.94 bits per heavy atom. The summed E-state index contributed by atoms with van der Waals surface area (Å²) in [6.07, 6.45) is 3.83. The molecule has 1 aromatic rings. The van der Waals surface area contributed by atoms with Gasteiger partial charge in [-0.2, -0.15) is 0 Å². The summed E-state index contributed by atoms with van der Waals surface area (Å²) in [7, 11) is 0. The first kappa shape index (κ1) is 11.6. The fraction of sp³-hybridized carbons (Fsp3) is 0.667. The predicted octanol–water partition coefficient (Wildman–Crippen LogP) is 3.35. The van der Waals surface area contributed by atoms with Crippen LogP contribution in [0.5, 0.6) is 0 Å². The molecule has 4 heteroatoms. The van der Waals surface area contributed by atoms with Crippen molar-refractivity contribution in [2.24, 2.45) is 5.92 Å². The van der Waals surface area contributed by atoms with E-state index in [1.54, 1.807) is 0 Å². The summed E-state index contributed by atoms with van der Waals surface area (Å²) in [4.78, 5) is 0. The third-order valence-corrected chi connectivity index (χ3v) is 4.01. The maximum atomic E-state index is 5.93. The van der Waals surface area contributed by atoms with E-state index in [1.807, 2.05) is 13.8 Å². The van der Waals surface area contributed by atoms with Crippen LogP contribution in [0.3, 0.4) is 0 Å². The van der Waals surface area contributed by atoms with Crippen molar-refractivity contribution in [1.29, 1.82) is 0 Å². The second-order valence-electron chi connectivity index (χ2n) is 4.75. The first-order valence-electron chi connectivity index (χ1n) is 5.85. The van der Waals surface area contributed by atoms with Crippen LogP contribution in [0, 0.1) is 19.8 Å². The number of rotatable bonds is 2. The number of aromatic nitrogens is 2. The lowest BCUT2D eigenvalue weighted by Crippen LogP contribution is -2.23. The molecule has 2 atom stereocenters. The van der Waals surface area contributed by atoms with E-state index < -0.39 is 0 Å². The van der Waals surface area contributed by atoms with Gasteiger partial charge in [-0.3, -0.25) is 0 Å². The summed E-state index contributed by atoms with van der Waals surface area (Å²) >= 11 is 5.93. The summed E-state index contributed by atoms with van der Waals surface area (Å²) < 4.78 is 0. The molecule has 0 aromatic carbocycles. The molecule has 2 unspecified atom stereocenters. The van der Waals surface area contributed by atoms with Gasteiger partial charge in [-0.05, 0) is 43.7 Å². The van der Waals surface area contributed by atoms with Crippen molar-refractivity contribution in [3.63, 3.8) is 0 Å². The molecule has 16 heavy (non-hydrogen) atoms. The minimum atomic E-state index is 0.502. The third kappa shape index (κ3) is 2.14. The first-order chi connectivity index (χ1) is 7.59. The van der Waals surface area contributed by atoms with Gasteiger partial charge in [0.25, 0.3) is 0 Å². The van der Waals surface area contributed by atoms with Gasteiger partial charge in [-0.1, -0.05) is 24.9 Å². The minimum Gasteiger partial charge on any atom is -0.365 e. The van der Waals surface area contributed by atoms with E-state index in [0.717, 1.165) is 22.9 Å². The highest BCUT2D eigenvalue weighted by Crippen LogP contribution is 2.29. The highest BCUT2D eigenvalue weighted by atomic mass is 35.5. The number of nitrogens with zero attached hydrogens (tertiary/aromatic N) is 2. The Balaban J connectivity index is 2.18. The number of halogens is 1. The lowest BCUT2D eigenvalue weighted by atomic mass is 10.1. The van der Waals surface area contributed by atoms with E-state index in [1.165, 1.54) is 19.3 Å². The molecule has 0 bridgehead atoms. The molecular formula is C12H18ClN3. The Labute approximate surface area is 102 Å². The number of nitrogens with one attached hydrogen (secondary N) is 1. The van der Waals surface area contributed by atoms with Crippen molar-refractivity contribution >= 4 is 17.4 Å². The van der Waals surface area contributed by atoms with Gasteiger partial charge in [0.1, 0.15) is 0 Å². The third-order valence-electron chi connectivity index (χ3n) is 3.65. The predicted molar refractivity (Wildman–Crippen MR) is 66.9 cm³/mol. The fourth-order valence-corrected chi connectivity index (χ4v) is 2.43. The van der Waals surface area contributed by atoms with E-state index in [2.05, 4.69) is 22.4 Å². The van der Waals surface area contributed by atoms with Crippen LogP contribution < -0.4 is 5.32 Å². The molecule has 1 fully saturated rings. The van der Waals surface area contributed by atoms with Gasteiger partial charge < -0.3 is 5.32 Å². The SMILES string of the molecule is Cc1c(Cl)nnc(NC2CCCC2C)c1C. The second-order valence-corrected chi connectivity index (χ2v) is 5.11. The summed E-state index contributed by atoms with van der Waals surface area (Å²) in [6.45, 7) is 6.31. The fourth-order valence-electron chi connectivity index (χ4n) is 2.25. The standard InChI is InChI=1S/C12H18ClN3/c1-7-5-4-6-10(7)14-12-9(3)8(2)11(13)15-16-12/h7,10H,4-6H2,1-3H3,(H,14,16). The summed E-state index contributed by atoms with van der Waals surface area (Å²) in [5.41, 5.74) is 2.13. The monoisotopic (exact) mass is 239 g/mol. The van der Waals surface area contributed by atoms with Gasteiger partial charge in [-0.15, -0.1) is 10.2 Å². The minimum absolute atomic E-state index is 0.502. The van der Waals surface area contributed by atoms with Crippen molar-refractivity contribution in [2.75, 3.05) is 5.32 Å². The van der Waals surface area contributed by atoms with Crippen LogP contribution in [0.2, 0.25) is 5.15 Å². The summed E-state index contributed by atoms with van der Waals surface area (Å²) in [5.74, 6) is 1.61. The van der Waals surface area contributed by atoms with Gasteiger partial charge in [0.2, 0.25) is 0 Å². The van der Waals surface area contributed by atoms with E-state index in [0.29, 0.717) is 11.2 Å². The first-order valence-corrected chi connectivity index (χ1v) is 6.23. The van der Waals surface area contributed by atoms with Crippen molar-refractivity contribution < 1.29 is 0 Å². The van der Waals surface area contributed by atoms with Crippen LogP contribution in [-0.4, -0.2) is 16.2 Å². The zero-order valence-corrected chi connectivity index (χ0v) is 10.8. The molecule has 1 aliphatic rings. The highest BCUT2D eigenvalue weighted by molar-refractivity contribution is 6.30. The van der Waals surface area contributed by atoms with Gasteiger partial charge in [-0.25, -0.2) is 0 Å². The van der Waals surface area contributed by atoms with Crippen LogP contribution >= 0.6 is 11.6 Å². The van der Waals surface area contributed by atoms with E-state index in [9.17, 15) is 0 Å². The molecule has 88 valence electrons. The van der Waals surface area contributed by atoms with Gasteiger partial charge >= 0.3 is 0 Å². The van der Waals surface area contributed by atoms with Crippen molar-refractivity contribution in [2.45, 2.75) is 46.1 Å². The zero-order valence-electron chi connectivity index (χ0n) is 10.0. The largest absolute Gasteiger partial charge is 0.365 e. The van der Waals surface area contributed by atoms with Crippen molar-refractivity contribution in [3.05, 3.63) is 16.3 Å². The molecular weight excluding hydrogens is 222 g/mol. The lowest BCUT2D eigenvalue weighted by molar-refractivity contribution is 0.553. The topological polar surface area (TPSA) is 37.8 Å². The normalized spacial score (nSPS) is 24.8. The molecule has 1 heterocycles. The Kier molecular flexibility index (Phi) is 3.33. The van der Waals surface area contributed by atoms with Crippen LogP contribution in [-0.2, 0) is 0 Å². The molecule has 0 amide bonds. The average molecular weight is 240 g/mol. The van der Waals surface area contributed by atoms with Crippen LogP contribution in [0.1, 0.15) is 37.3 Å². The van der Waals surface area contributed by atoms with E-state index in [4.69, 9.17) is 11.6 Å². The smallest absolute Gasteiger partial charge is 0.155 e. The molecule has 1 aliphatic carbocycles. The molecule has 0 aliphatic heterocycles. The molecule has 1 N–H and O–H groups in total. The quantitative estimate of drug-likeness (QED) is 0.860. The molecule has 0 spiro atoms. The van der Waals surface area contributed by atoms with Crippen molar-refractivity contribution in [3.8, 4) is 0 Å². The molecule has 2 rings (SSSR count). The maximum absolute atomic E-state index is 5.93. The Morgan fingerprint density at radius 1 is 1.19 bits per heavy atom. The zero-order chi connectivity index (χ0) is 11.7. The molecule has 0 saturated heterocycles. The Bertz CT molecular complexity index is 392. The van der Waals surface area contributed by atoms with Crippen LogP contribution in [0.15, 0.2) is 0 Å². The Morgan fingerprint density at radius 3 is 2.56 bits per heavy atom. The summed E-state index contributed by atoms with van der Waals surface area (Å²) in [6, 6.07) is 0.536. The lowest BCUT2D eigenvalue weighted by Gasteiger charge is -2.19. The second kappa shape index (κ2) is 4.58. The van der Waals surface area contributed by atoms with Crippen LogP contribution in [0.25, 0.3) is 0 Å². The molecule has 3 nitrogen and oxygen atoms in total. The molecule has 1 saturated carbocycles. The average Bonchev–Trinajstić information content (AvgIpc) is 2.65. The number of anilines is 1. The summed E-state index contributed by atoms with van der Waals surface area (Å²) in [5, 5.41) is 12.1. The van der Waals surface area contributed by atoms with E-state index >= 15 is 0 Å². The van der Waals surface area contributed by atoms with Crippen LogP contribution in [0.4, 0.5) is 5.82 Å².